The monoisotopic (exact) mass is 429 g/mol. The third kappa shape index (κ3) is 5.12. The van der Waals surface area contributed by atoms with Crippen molar-refractivity contribution in [1.29, 1.82) is 0 Å². The predicted octanol–water partition coefficient (Wildman–Crippen LogP) is 2.13. The molecule has 0 spiro atoms. The summed E-state index contributed by atoms with van der Waals surface area (Å²) < 4.78 is 32.7. The fourth-order valence-electron chi connectivity index (χ4n) is 3.33. The number of carbonyl (C=O) groups excluding carboxylic acids is 1. The molecule has 28 heavy (non-hydrogen) atoms. The number of thioether (sulfide) groups is 1. The second-order valence-electron chi connectivity index (χ2n) is 6.53. The summed E-state index contributed by atoms with van der Waals surface area (Å²) >= 11 is 1.67. The quantitative estimate of drug-likeness (QED) is 0.599. The fraction of sp³-hybridized carbons (Fsp3) is 0.632. The molecule has 0 saturated carbocycles. The highest BCUT2D eigenvalue weighted by Gasteiger charge is 2.26. The van der Waals surface area contributed by atoms with Gasteiger partial charge in [0.2, 0.25) is 15.9 Å². The Morgan fingerprint density at radius 2 is 1.82 bits per heavy atom. The van der Waals surface area contributed by atoms with E-state index in [4.69, 9.17) is 4.74 Å². The molecule has 0 radical (unpaired) electrons. The molecule has 2 rings (SSSR count). The van der Waals surface area contributed by atoms with Crippen LogP contribution in [0.4, 0.5) is 5.69 Å². The molecule has 0 N–H and O–H groups in total. The van der Waals surface area contributed by atoms with Crippen LogP contribution in [0.15, 0.2) is 23.1 Å². The molecule has 0 atom stereocenters. The largest absolute Gasteiger partial charge is 0.495 e. The molecule has 1 fully saturated rings. The van der Waals surface area contributed by atoms with Crippen LogP contribution in [0.5, 0.6) is 5.75 Å². The summed E-state index contributed by atoms with van der Waals surface area (Å²) in [7, 11) is -1.95. The Hall–Kier alpha value is -1.45. The Labute approximate surface area is 173 Å². The molecule has 1 saturated heterocycles. The lowest BCUT2D eigenvalue weighted by Crippen LogP contribution is -2.49. The molecule has 9 heteroatoms. The van der Waals surface area contributed by atoms with Gasteiger partial charge in [-0.3, -0.25) is 4.79 Å². The Morgan fingerprint density at radius 1 is 1.18 bits per heavy atom. The first-order valence-corrected chi connectivity index (χ1v) is 12.4. The molecule has 158 valence electrons. The zero-order chi connectivity index (χ0) is 20.7. The van der Waals surface area contributed by atoms with Gasteiger partial charge < -0.3 is 14.5 Å². The predicted molar refractivity (Wildman–Crippen MR) is 115 cm³/mol. The smallest absolute Gasteiger partial charge is 0.243 e. The fourth-order valence-corrected chi connectivity index (χ4v) is 5.19. The van der Waals surface area contributed by atoms with Crippen molar-refractivity contribution >= 4 is 33.4 Å². The Morgan fingerprint density at radius 3 is 2.36 bits per heavy atom. The lowest BCUT2D eigenvalue weighted by Gasteiger charge is -2.37. The van der Waals surface area contributed by atoms with Crippen LogP contribution in [0.3, 0.4) is 0 Å². The Kier molecular flexibility index (Phi) is 8.45. The first-order valence-electron chi connectivity index (χ1n) is 9.58. The molecule has 1 heterocycles. The van der Waals surface area contributed by atoms with Crippen LogP contribution in [-0.4, -0.2) is 81.9 Å². The highest BCUT2D eigenvalue weighted by atomic mass is 32.2. The van der Waals surface area contributed by atoms with E-state index in [9.17, 15) is 13.2 Å². The zero-order valence-corrected chi connectivity index (χ0v) is 18.8. The Bertz CT molecular complexity index is 758. The van der Waals surface area contributed by atoms with Gasteiger partial charge in [0.1, 0.15) is 5.75 Å². The van der Waals surface area contributed by atoms with E-state index in [1.165, 1.54) is 4.31 Å². The SMILES string of the molecule is CCN(CC)S(=O)(=O)c1ccc(OC)c(N2CCN(C(=O)CCSC)CC2)c1. The molecule has 0 unspecified atom stereocenters. The van der Waals surface area contributed by atoms with Crippen molar-refractivity contribution in [3.05, 3.63) is 18.2 Å². The van der Waals surface area contributed by atoms with Crippen molar-refractivity contribution < 1.29 is 17.9 Å². The van der Waals surface area contributed by atoms with Crippen molar-refractivity contribution in [2.75, 3.05) is 63.3 Å². The van der Waals surface area contributed by atoms with Gasteiger partial charge in [-0.05, 0) is 24.5 Å². The van der Waals surface area contributed by atoms with Crippen LogP contribution >= 0.6 is 11.8 Å². The lowest BCUT2D eigenvalue weighted by atomic mass is 10.2. The number of ether oxygens (including phenoxy) is 1. The highest BCUT2D eigenvalue weighted by Crippen LogP contribution is 2.32. The summed E-state index contributed by atoms with van der Waals surface area (Å²) in [5.41, 5.74) is 0.756. The molecule has 0 bridgehead atoms. The minimum absolute atomic E-state index is 0.179. The molecule has 1 aliphatic heterocycles. The van der Waals surface area contributed by atoms with Crippen LogP contribution < -0.4 is 9.64 Å². The topological polar surface area (TPSA) is 70.2 Å². The van der Waals surface area contributed by atoms with Crippen molar-refractivity contribution in [3.8, 4) is 5.75 Å². The van der Waals surface area contributed by atoms with E-state index in [1.807, 2.05) is 25.0 Å². The number of nitrogens with zero attached hydrogens (tertiary/aromatic N) is 3. The van der Waals surface area contributed by atoms with Crippen molar-refractivity contribution in [2.24, 2.45) is 0 Å². The third-order valence-electron chi connectivity index (χ3n) is 4.99. The maximum absolute atomic E-state index is 12.9. The zero-order valence-electron chi connectivity index (χ0n) is 17.2. The first-order chi connectivity index (χ1) is 13.4. The number of methoxy groups -OCH3 is 1. The van der Waals surface area contributed by atoms with Crippen molar-refractivity contribution in [3.63, 3.8) is 0 Å². The van der Waals surface area contributed by atoms with Gasteiger partial charge in [0.15, 0.2) is 0 Å². The van der Waals surface area contributed by atoms with Gasteiger partial charge in [-0.1, -0.05) is 13.8 Å². The second kappa shape index (κ2) is 10.4. The van der Waals surface area contributed by atoms with Gasteiger partial charge >= 0.3 is 0 Å². The van der Waals surface area contributed by atoms with Gasteiger partial charge in [-0.2, -0.15) is 16.1 Å². The molecular weight excluding hydrogens is 398 g/mol. The average molecular weight is 430 g/mol. The summed E-state index contributed by atoms with van der Waals surface area (Å²) in [6.07, 6.45) is 2.55. The minimum Gasteiger partial charge on any atom is -0.495 e. The van der Waals surface area contributed by atoms with E-state index in [1.54, 1.807) is 37.1 Å². The van der Waals surface area contributed by atoms with Crippen LogP contribution in [0.1, 0.15) is 20.3 Å². The molecule has 0 aliphatic carbocycles. The van der Waals surface area contributed by atoms with E-state index in [2.05, 4.69) is 4.90 Å². The molecule has 1 aromatic rings. The molecule has 1 aromatic carbocycles. The Balaban J connectivity index is 2.21. The van der Waals surface area contributed by atoms with Crippen molar-refractivity contribution in [2.45, 2.75) is 25.2 Å². The number of carbonyl (C=O) groups is 1. The number of benzene rings is 1. The van der Waals surface area contributed by atoms with Crippen LogP contribution in [0.2, 0.25) is 0 Å². The molecular formula is C19H31N3O4S2. The van der Waals surface area contributed by atoms with Crippen molar-refractivity contribution in [1.82, 2.24) is 9.21 Å². The third-order valence-corrected chi connectivity index (χ3v) is 7.64. The summed E-state index contributed by atoms with van der Waals surface area (Å²) in [5.74, 6) is 1.65. The molecule has 7 nitrogen and oxygen atoms in total. The summed E-state index contributed by atoms with van der Waals surface area (Å²) in [6.45, 7) is 7.07. The number of sulfonamides is 1. The number of piperazine rings is 1. The maximum Gasteiger partial charge on any atom is 0.243 e. The maximum atomic E-state index is 12.9. The normalized spacial score (nSPS) is 15.2. The summed E-state index contributed by atoms with van der Waals surface area (Å²) in [6, 6.07) is 5.00. The molecule has 1 amide bonds. The van der Waals surface area contributed by atoms with Crippen LogP contribution in [-0.2, 0) is 14.8 Å². The molecule has 0 aromatic heterocycles. The van der Waals surface area contributed by atoms with Crippen LogP contribution in [0.25, 0.3) is 0 Å². The van der Waals surface area contributed by atoms with E-state index < -0.39 is 10.0 Å². The standard InChI is InChI=1S/C19H31N3O4S2/c1-5-22(6-2)28(24,25)16-7-8-18(26-3)17(15-16)20-10-12-21(13-11-20)19(23)9-14-27-4/h7-8,15H,5-6,9-14H2,1-4H3. The highest BCUT2D eigenvalue weighted by molar-refractivity contribution is 7.98. The van der Waals surface area contributed by atoms with Gasteiger partial charge in [-0.15, -0.1) is 0 Å². The molecule has 1 aliphatic rings. The van der Waals surface area contributed by atoms with E-state index >= 15 is 0 Å². The first kappa shape index (κ1) is 22.8. The average Bonchev–Trinajstić information content (AvgIpc) is 2.72. The van der Waals surface area contributed by atoms with Gasteiger partial charge in [0.05, 0.1) is 17.7 Å². The van der Waals surface area contributed by atoms with E-state index in [-0.39, 0.29) is 10.8 Å². The minimum atomic E-state index is -3.54. The number of hydrogen-bond acceptors (Lipinski definition) is 6. The number of amides is 1. The number of anilines is 1. The van der Waals surface area contributed by atoms with Crippen LogP contribution in [0, 0.1) is 0 Å². The van der Waals surface area contributed by atoms with E-state index in [0.717, 1.165) is 11.4 Å². The summed E-state index contributed by atoms with van der Waals surface area (Å²) in [5, 5.41) is 0. The summed E-state index contributed by atoms with van der Waals surface area (Å²) in [4.78, 5) is 16.5. The number of rotatable bonds is 9. The lowest BCUT2D eigenvalue weighted by molar-refractivity contribution is -0.131. The van der Waals surface area contributed by atoms with Gasteiger partial charge in [0, 0.05) is 51.4 Å². The van der Waals surface area contributed by atoms with Gasteiger partial charge in [-0.25, -0.2) is 8.42 Å². The van der Waals surface area contributed by atoms with Gasteiger partial charge in [0.25, 0.3) is 0 Å². The second-order valence-corrected chi connectivity index (χ2v) is 9.46. The number of hydrogen-bond donors (Lipinski definition) is 0. The van der Waals surface area contributed by atoms with E-state index in [0.29, 0.717) is 51.4 Å².